The Bertz CT molecular complexity index is 811. The van der Waals surface area contributed by atoms with Gasteiger partial charge < -0.3 is 10.1 Å². The van der Waals surface area contributed by atoms with Gasteiger partial charge in [0, 0.05) is 11.0 Å². The Kier molecular flexibility index (Phi) is 6.54. The largest absolute Gasteiger partial charge is 0.497 e. The lowest BCUT2D eigenvalue weighted by atomic mass is 9.93. The first-order chi connectivity index (χ1) is 12.6. The summed E-state index contributed by atoms with van der Waals surface area (Å²) in [7, 11) is 1.60. The normalized spacial score (nSPS) is 12.6. The summed E-state index contributed by atoms with van der Waals surface area (Å²) < 4.78 is 5.22. The van der Waals surface area contributed by atoms with Gasteiger partial charge in [0.15, 0.2) is 0 Å². The quantitative estimate of drug-likeness (QED) is 0.789. The zero-order valence-electron chi connectivity index (χ0n) is 16.5. The maximum atomic E-state index is 12.7. The molecule has 0 aliphatic heterocycles. The second kappa shape index (κ2) is 8.47. The lowest BCUT2D eigenvalue weighted by Crippen LogP contribution is -2.50. The fourth-order valence-corrected chi connectivity index (χ4v) is 2.97. The van der Waals surface area contributed by atoms with Crippen molar-refractivity contribution in [2.75, 3.05) is 12.4 Å². The molecule has 0 radical (unpaired) electrons. The number of ether oxygens (including phenoxy) is 1. The summed E-state index contributed by atoms with van der Waals surface area (Å²) in [6.45, 7) is 9.19. The van der Waals surface area contributed by atoms with Crippen LogP contribution >= 0.6 is 11.3 Å². The molecule has 27 heavy (non-hydrogen) atoms. The summed E-state index contributed by atoms with van der Waals surface area (Å²) in [5.74, 6) is 0.168. The Labute approximate surface area is 163 Å². The Morgan fingerprint density at radius 2 is 1.89 bits per heavy atom. The van der Waals surface area contributed by atoms with Crippen LogP contribution in [0.4, 0.5) is 5.13 Å². The molecule has 1 heterocycles. The SMILES string of the molecule is COc1cccc(-c2nnc(NC(=O)C(NC(=O)C(C)(C)C)C(C)C)s2)c1. The number of methoxy groups -OCH3 is 1. The number of aromatic nitrogens is 2. The van der Waals surface area contributed by atoms with Crippen LogP contribution in [0, 0.1) is 11.3 Å². The van der Waals surface area contributed by atoms with Gasteiger partial charge in [-0.2, -0.15) is 0 Å². The Morgan fingerprint density at radius 1 is 1.19 bits per heavy atom. The van der Waals surface area contributed by atoms with Gasteiger partial charge >= 0.3 is 0 Å². The van der Waals surface area contributed by atoms with Crippen LogP contribution in [0.5, 0.6) is 5.75 Å². The summed E-state index contributed by atoms with van der Waals surface area (Å²) in [4.78, 5) is 24.9. The highest BCUT2D eigenvalue weighted by atomic mass is 32.1. The first kappa shape index (κ1) is 20.8. The molecule has 0 saturated heterocycles. The first-order valence-electron chi connectivity index (χ1n) is 8.71. The number of amides is 2. The third kappa shape index (κ3) is 5.50. The topological polar surface area (TPSA) is 93.2 Å². The molecule has 0 saturated carbocycles. The summed E-state index contributed by atoms with van der Waals surface area (Å²) in [5.41, 5.74) is 0.282. The highest BCUT2D eigenvalue weighted by Gasteiger charge is 2.30. The van der Waals surface area contributed by atoms with Gasteiger partial charge in [-0.25, -0.2) is 0 Å². The molecule has 0 bridgehead atoms. The number of anilines is 1. The lowest BCUT2D eigenvalue weighted by Gasteiger charge is -2.25. The van der Waals surface area contributed by atoms with Crippen molar-refractivity contribution in [1.29, 1.82) is 0 Å². The van der Waals surface area contributed by atoms with Crippen molar-refractivity contribution < 1.29 is 14.3 Å². The molecule has 1 unspecified atom stereocenters. The van der Waals surface area contributed by atoms with Gasteiger partial charge in [0.2, 0.25) is 16.9 Å². The van der Waals surface area contributed by atoms with Crippen molar-refractivity contribution in [2.24, 2.45) is 11.3 Å². The van der Waals surface area contributed by atoms with Crippen LogP contribution in [-0.2, 0) is 9.59 Å². The predicted octanol–water partition coefficient (Wildman–Crippen LogP) is 3.34. The first-order valence-corrected chi connectivity index (χ1v) is 9.53. The smallest absolute Gasteiger partial charge is 0.249 e. The van der Waals surface area contributed by atoms with Crippen LogP contribution in [0.2, 0.25) is 0 Å². The van der Waals surface area contributed by atoms with Crippen LogP contribution < -0.4 is 15.4 Å². The van der Waals surface area contributed by atoms with E-state index in [-0.39, 0.29) is 17.7 Å². The van der Waals surface area contributed by atoms with Crippen LogP contribution in [0.1, 0.15) is 34.6 Å². The second-order valence-electron chi connectivity index (χ2n) is 7.58. The van der Waals surface area contributed by atoms with Gasteiger partial charge in [-0.05, 0) is 18.1 Å². The third-order valence-corrected chi connectivity index (χ3v) is 4.78. The summed E-state index contributed by atoms with van der Waals surface area (Å²) in [6, 6.07) is 6.81. The fraction of sp³-hybridized carbons (Fsp3) is 0.474. The molecule has 8 heteroatoms. The Hall–Kier alpha value is -2.48. The van der Waals surface area contributed by atoms with Crippen LogP contribution in [0.3, 0.4) is 0 Å². The van der Waals surface area contributed by atoms with Gasteiger partial charge in [-0.3, -0.25) is 14.9 Å². The number of benzene rings is 1. The molecule has 146 valence electrons. The van der Waals surface area contributed by atoms with Crippen molar-refractivity contribution in [3.05, 3.63) is 24.3 Å². The Morgan fingerprint density at radius 3 is 2.48 bits per heavy atom. The molecule has 2 rings (SSSR count). The third-order valence-electron chi connectivity index (χ3n) is 3.89. The number of rotatable bonds is 6. The minimum absolute atomic E-state index is 0.0675. The number of nitrogens with zero attached hydrogens (tertiary/aromatic N) is 2. The maximum absolute atomic E-state index is 12.7. The van der Waals surface area contributed by atoms with E-state index in [1.54, 1.807) is 7.11 Å². The molecule has 1 aromatic carbocycles. The number of carbonyl (C=O) groups excluding carboxylic acids is 2. The van der Waals surface area contributed by atoms with E-state index in [9.17, 15) is 9.59 Å². The van der Waals surface area contributed by atoms with E-state index in [4.69, 9.17) is 4.74 Å². The standard InChI is InChI=1S/C19H26N4O3S/c1-11(2)14(20-17(25)19(3,4)5)15(24)21-18-23-22-16(27-18)12-8-7-9-13(10-12)26-6/h7-11,14H,1-6H3,(H,20,25)(H,21,23,24). The molecule has 2 amide bonds. The van der Waals surface area contributed by atoms with E-state index in [1.807, 2.05) is 58.9 Å². The zero-order chi connectivity index (χ0) is 20.2. The zero-order valence-corrected chi connectivity index (χ0v) is 17.3. The van der Waals surface area contributed by atoms with Crippen LogP contribution in [0.15, 0.2) is 24.3 Å². The molecule has 0 spiro atoms. The molecular weight excluding hydrogens is 364 g/mol. The molecule has 1 aromatic heterocycles. The number of hydrogen-bond donors (Lipinski definition) is 2. The molecule has 1 atom stereocenters. The van der Waals surface area contributed by atoms with Gasteiger partial charge in [0.1, 0.15) is 16.8 Å². The summed E-state index contributed by atoms with van der Waals surface area (Å²) in [6.07, 6.45) is 0. The van der Waals surface area contributed by atoms with Crippen molar-refractivity contribution in [1.82, 2.24) is 15.5 Å². The van der Waals surface area contributed by atoms with Gasteiger partial charge in [0.25, 0.3) is 0 Å². The minimum Gasteiger partial charge on any atom is -0.497 e. The van der Waals surface area contributed by atoms with Crippen molar-refractivity contribution in [3.63, 3.8) is 0 Å². The van der Waals surface area contributed by atoms with Gasteiger partial charge in [-0.1, -0.05) is 58.1 Å². The average Bonchev–Trinajstić information content (AvgIpc) is 3.06. The molecule has 0 aliphatic carbocycles. The van der Waals surface area contributed by atoms with Gasteiger partial charge in [0.05, 0.1) is 7.11 Å². The van der Waals surface area contributed by atoms with E-state index >= 15 is 0 Å². The Balaban J connectivity index is 2.12. The van der Waals surface area contributed by atoms with E-state index in [0.29, 0.717) is 10.1 Å². The van der Waals surface area contributed by atoms with E-state index in [1.165, 1.54) is 11.3 Å². The molecule has 0 fully saturated rings. The van der Waals surface area contributed by atoms with Crippen LogP contribution in [0.25, 0.3) is 10.6 Å². The van der Waals surface area contributed by atoms with Gasteiger partial charge in [-0.15, -0.1) is 10.2 Å². The van der Waals surface area contributed by atoms with E-state index in [2.05, 4.69) is 20.8 Å². The highest BCUT2D eigenvalue weighted by Crippen LogP contribution is 2.29. The summed E-state index contributed by atoms with van der Waals surface area (Å²) in [5, 5.41) is 14.8. The number of hydrogen-bond acceptors (Lipinski definition) is 6. The number of carbonyl (C=O) groups is 2. The maximum Gasteiger partial charge on any atom is 0.249 e. The highest BCUT2D eigenvalue weighted by molar-refractivity contribution is 7.18. The van der Waals surface area contributed by atoms with E-state index < -0.39 is 11.5 Å². The van der Waals surface area contributed by atoms with Crippen molar-refractivity contribution >= 4 is 28.3 Å². The molecular formula is C19H26N4O3S. The monoisotopic (exact) mass is 390 g/mol. The lowest BCUT2D eigenvalue weighted by molar-refractivity contribution is -0.132. The average molecular weight is 391 g/mol. The fourth-order valence-electron chi connectivity index (χ4n) is 2.22. The molecule has 0 aliphatic rings. The minimum atomic E-state index is -0.652. The molecule has 7 nitrogen and oxygen atoms in total. The predicted molar refractivity (Wildman–Crippen MR) is 107 cm³/mol. The van der Waals surface area contributed by atoms with E-state index in [0.717, 1.165) is 11.3 Å². The van der Waals surface area contributed by atoms with Crippen molar-refractivity contribution in [3.8, 4) is 16.3 Å². The van der Waals surface area contributed by atoms with Crippen LogP contribution in [-0.4, -0.2) is 35.2 Å². The summed E-state index contributed by atoms with van der Waals surface area (Å²) >= 11 is 1.26. The molecule has 2 N–H and O–H groups in total. The second-order valence-corrected chi connectivity index (χ2v) is 8.56. The number of nitrogens with one attached hydrogen (secondary N) is 2. The van der Waals surface area contributed by atoms with Crippen molar-refractivity contribution in [2.45, 2.75) is 40.7 Å². The molecule has 2 aromatic rings.